The summed E-state index contributed by atoms with van der Waals surface area (Å²) in [7, 11) is -7.66. The number of aromatic carboxylic acids is 1. The monoisotopic (exact) mass is 1020 g/mol. The summed E-state index contributed by atoms with van der Waals surface area (Å²) in [4.78, 5) is 52.5. The molecule has 2 amide bonds. The first-order valence-corrected chi connectivity index (χ1v) is 28.0. The Labute approximate surface area is 414 Å². The van der Waals surface area contributed by atoms with Crippen molar-refractivity contribution in [2.24, 2.45) is 17.8 Å². The SMILES string of the molecule is C=CS(=O)(=O)CCCCCC(=O)N(CCOC1CC(C)CC(C)CC(Cn2ncc(-c3ccc(N4CCc5cccc(C(=O)Nc6nc7ccccc7s6)c5C4)nc3C(=O)O)c2C)C1)CCS(=O)(=O)O. The second kappa shape index (κ2) is 23.1. The maximum Gasteiger partial charge on any atom is 0.355 e. The highest BCUT2D eigenvalue weighted by molar-refractivity contribution is 7.94. The summed E-state index contributed by atoms with van der Waals surface area (Å²) in [6.07, 6.45) is 6.97. The first-order valence-electron chi connectivity index (χ1n) is 23.9. The fourth-order valence-corrected chi connectivity index (χ4v) is 12.0. The summed E-state index contributed by atoms with van der Waals surface area (Å²) in [5.74, 6) is -0.955. The molecule has 5 aromatic rings. The highest BCUT2D eigenvalue weighted by Crippen LogP contribution is 2.35. The number of thiazole rings is 1. The largest absolute Gasteiger partial charge is 0.476 e. The van der Waals surface area contributed by atoms with Gasteiger partial charge in [0.1, 0.15) is 5.82 Å². The van der Waals surface area contributed by atoms with Gasteiger partial charge in [0, 0.05) is 66.9 Å². The maximum atomic E-state index is 13.7. The molecule has 2 aromatic carbocycles. The summed E-state index contributed by atoms with van der Waals surface area (Å²) in [6, 6.07) is 17.0. The number of unbranched alkanes of at least 4 members (excludes halogenated alkanes) is 2. The van der Waals surface area contributed by atoms with Crippen LogP contribution in [0.15, 0.2) is 72.8 Å². The summed E-state index contributed by atoms with van der Waals surface area (Å²) < 4.78 is 65.6. The average molecular weight is 1020 g/mol. The second-order valence-electron chi connectivity index (χ2n) is 18.8. The molecule has 376 valence electrons. The number of nitrogens with zero attached hydrogens (tertiary/aromatic N) is 6. The number of anilines is 2. The Morgan fingerprint density at radius 2 is 1.71 bits per heavy atom. The van der Waals surface area contributed by atoms with Crippen LogP contribution in [-0.4, -0.2) is 113 Å². The number of hydrogen-bond donors (Lipinski definition) is 3. The van der Waals surface area contributed by atoms with Gasteiger partial charge in [0.05, 0.1) is 40.6 Å². The van der Waals surface area contributed by atoms with Crippen molar-refractivity contribution in [1.82, 2.24) is 24.6 Å². The van der Waals surface area contributed by atoms with Crippen LogP contribution < -0.4 is 10.2 Å². The second-order valence-corrected chi connectivity index (χ2v) is 23.4. The molecule has 7 rings (SSSR count). The van der Waals surface area contributed by atoms with Crippen molar-refractivity contribution in [3.05, 3.63) is 101 Å². The molecule has 4 atom stereocenters. The van der Waals surface area contributed by atoms with Gasteiger partial charge in [0.2, 0.25) is 5.91 Å². The summed E-state index contributed by atoms with van der Waals surface area (Å²) >= 11 is 1.41. The van der Waals surface area contributed by atoms with Crippen molar-refractivity contribution in [2.45, 2.75) is 97.8 Å². The van der Waals surface area contributed by atoms with Gasteiger partial charge in [-0.1, -0.05) is 62.4 Å². The molecule has 1 aliphatic heterocycles. The highest BCUT2D eigenvalue weighted by atomic mass is 32.2. The Hall–Kier alpha value is -5.54. The lowest BCUT2D eigenvalue weighted by atomic mass is 9.80. The van der Waals surface area contributed by atoms with E-state index in [1.54, 1.807) is 18.3 Å². The number of nitrogens with one attached hydrogen (secondary N) is 1. The zero-order valence-electron chi connectivity index (χ0n) is 40.0. The number of ether oxygens (including phenoxy) is 1. The molecule has 0 saturated heterocycles. The molecule has 3 N–H and O–H groups in total. The van der Waals surface area contributed by atoms with Crippen molar-refractivity contribution >= 4 is 70.2 Å². The molecule has 4 heterocycles. The fourth-order valence-electron chi connectivity index (χ4n) is 9.88. The van der Waals surface area contributed by atoms with Crippen LogP contribution in [0.4, 0.5) is 10.9 Å². The van der Waals surface area contributed by atoms with E-state index >= 15 is 0 Å². The van der Waals surface area contributed by atoms with Crippen LogP contribution in [0.2, 0.25) is 0 Å². The molecule has 1 aliphatic carbocycles. The first kappa shape index (κ1) is 52.3. The summed E-state index contributed by atoms with van der Waals surface area (Å²) in [5.41, 5.74) is 5.04. The van der Waals surface area contributed by atoms with E-state index < -0.39 is 31.7 Å². The lowest BCUT2D eigenvalue weighted by Gasteiger charge is -2.33. The quantitative estimate of drug-likeness (QED) is 0.0466. The van der Waals surface area contributed by atoms with Crippen LogP contribution in [0.5, 0.6) is 0 Å². The fraction of sp³-hybridized carbons (Fsp3) is 0.480. The van der Waals surface area contributed by atoms with E-state index in [4.69, 9.17) is 14.8 Å². The minimum Gasteiger partial charge on any atom is -0.476 e. The number of carboxylic acid groups (broad SMARTS) is 1. The van der Waals surface area contributed by atoms with E-state index in [-0.39, 0.29) is 61.4 Å². The lowest BCUT2D eigenvalue weighted by Crippen LogP contribution is -2.38. The number of carbonyl (C=O) groups excluding carboxylic acids is 2. The van der Waals surface area contributed by atoms with Crippen LogP contribution in [0.3, 0.4) is 0 Å². The van der Waals surface area contributed by atoms with Crippen molar-refractivity contribution in [3.63, 3.8) is 0 Å². The Balaban J connectivity index is 1.01. The Bertz CT molecular complexity index is 2890. The van der Waals surface area contributed by atoms with Gasteiger partial charge in [-0.05, 0) is 111 Å². The van der Waals surface area contributed by atoms with E-state index in [1.165, 1.54) is 16.2 Å². The van der Waals surface area contributed by atoms with Gasteiger partial charge in [0.25, 0.3) is 16.0 Å². The molecule has 70 heavy (non-hydrogen) atoms. The zero-order chi connectivity index (χ0) is 50.2. The lowest BCUT2D eigenvalue weighted by molar-refractivity contribution is -0.132. The maximum absolute atomic E-state index is 13.7. The number of carboxylic acids is 1. The minimum absolute atomic E-state index is 0.0570. The van der Waals surface area contributed by atoms with Crippen molar-refractivity contribution in [1.29, 1.82) is 0 Å². The number of carbonyl (C=O) groups is 3. The van der Waals surface area contributed by atoms with Gasteiger partial charge in [-0.3, -0.25) is 24.1 Å². The summed E-state index contributed by atoms with van der Waals surface area (Å²) in [5, 5.41) is 19.7. The third-order valence-corrected chi connectivity index (χ3v) is 16.3. The topological polar surface area (TPSA) is 231 Å². The van der Waals surface area contributed by atoms with Crippen LogP contribution in [0.1, 0.15) is 103 Å². The number of sulfone groups is 1. The standard InChI is InChI=1S/C50H63N7O10S3/c1-5-69(62,63)24-10-6-7-16-46(58)55(22-25-70(64,65)66)21-23-67-38-28-34(3)26-33(2)27-36(29-38)31-57-35(4)41(30-51-57)39-17-18-45(53-47(39)49(60)61)56-20-19-37-12-11-13-40(42(37)32-56)48(59)54-50-52-43-14-8-9-15-44(43)68-50/h5,8-9,11-15,17-18,30,33-34,36,38H,1,6-7,10,16,19-29,31-32H2,2-4H3,(H,60,61)(H,52,54,59)(H,64,65,66). The molecule has 3 aromatic heterocycles. The van der Waals surface area contributed by atoms with Gasteiger partial charge < -0.3 is 19.6 Å². The zero-order valence-corrected chi connectivity index (χ0v) is 42.4. The van der Waals surface area contributed by atoms with Gasteiger partial charge in [-0.25, -0.2) is 23.2 Å². The van der Waals surface area contributed by atoms with E-state index in [9.17, 15) is 40.9 Å². The molecule has 0 bridgehead atoms. The van der Waals surface area contributed by atoms with Gasteiger partial charge >= 0.3 is 5.97 Å². The molecule has 20 heteroatoms. The number of fused-ring (bicyclic) bond motifs is 2. The van der Waals surface area contributed by atoms with Crippen LogP contribution in [0.25, 0.3) is 21.3 Å². The molecule has 0 radical (unpaired) electrons. The van der Waals surface area contributed by atoms with Crippen LogP contribution >= 0.6 is 11.3 Å². The average Bonchev–Trinajstić information content (AvgIpc) is 3.89. The minimum atomic E-state index is -4.33. The molecule has 17 nitrogen and oxygen atoms in total. The van der Waals surface area contributed by atoms with Crippen LogP contribution in [0, 0.1) is 24.7 Å². The molecule has 0 spiro atoms. The van der Waals surface area contributed by atoms with E-state index in [2.05, 4.69) is 30.7 Å². The predicted octanol–water partition coefficient (Wildman–Crippen LogP) is 8.06. The Kier molecular flexibility index (Phi) is 17.3. The number of hydrogen-bond acceptors (Lipinski definition) is 13. The normalized spacial score (nSPS) is 18.7. The molecule has 2 aliphatic rings. The smallest absolute Gasteiger partial charge is 0.355 e. The molecule has 1 fully saturated rings. The van der Waals surface area contributed by atoms with Crippen molar-refractivity contribution in [3.8, 4) is 11.1 Å². The molecule has 4 unspecified atom stereocenters. The van der Waals surface area contributed by atoms with E-state index in [1.807, 2.05) is 59.0 Å². The molecular formula is C50H63N7O10S3. The van der Waals surface area contributed by atoms with Gasteiger partial charge in [0.15, 0.2) is 20.7 Å². The van der Waals surface area contributed by atoms with Crippen molar-refractivity contribution < 1.29 is 45.6 Å². The molecule has 1 saturated carbocycles. The van der Waals surface area contributed by atoms with Crippen LogP contribution in [-0.2, 0) is 49.0 Å². The van der Waals surface area contributed by atoms with E-state index in [0.717, 1.165) is 51.7 Å². The highest BCUT2D eigenvalue weighted by Gasteiger charge is 2.30. The number of rotatable bonds is 21. The number of pyridine rings is 1. The van der Waals surface area contributed by atoms with Gasteiger partial charge in [-0.2, -0.15) is 13.5 Å². The van der Waals surface area contributed by atoms with Gasteiger partial charge in [-0.15, -0.1) is 0 Å². The third-order valence-electron chi connectivity index (χ3n) is 13.3. The number of para-hydroxylation sites is 1. The predicted molar refractivity (Wildman–Crippen MR) is 271 cm³/mol. The molecular weight excluding hydrogens is 955 g/mol. The number of aromatic nitrogens is 4. The third kappa shape index (κ3) is 13.9. The number of benzene rings is 2. The van der Waals surface area contributed by atoms with E-state index in [0.29, 0.717) is 91.2 Å². The first-order chi connectivity index (χ1) is 33.4. The Morgan fingerprint density at radius 1 is 0.929 bits per heavy atom. The summed E-state index contributed by atoms with van der Waals surface area (Å²) in [6.45, 7) is 11.3. The number of amides is 2. The Morgan fingerprint density at radius 3 is 2.47 bits per heavy atom. The van der Waals surface area contributed by atoms with Crippen molar-refractivity contribution in [2.75, 3.05) is 48.0 Å².